The summed E-state index contributed by atoms with van der Waals surface area (Å²) in [6.45, 7) is 14.6. The second-order valence-electron chi connectivity index (χ2n) is 8.31. The zero-order chi connectivity index (χ0) is 14.6. The highest BCUT2D eigenvalue weighted by atomic mass is 15.1. The Morgan fingerprint density at radius 3 is 2.00 bits per heavy atom. The van der Waals surface area contributed by atoms with Gasteiger partial charge in [0, 0.05) is 19.1 Å². The third kappa shape index (κ3) is 6.13. The minimum absolute atomic E-state index is 0.375. The summed E-state index contributed by atoms with van der Waals surface area (Å²) in [4.78, 5) is 2.78. The topological polar surface area (TPSA) is 15.3 Å². The van der Waals surface area contributed by atoms with E-state index in [-0.39, 0.29) is 0 Å². The molecule has 0 aromatic rings. The van der Waals surface area contributed by atoms with E-state index in [1.807, 2.05) is 0 Å². The standard InChI is InChI=1S/C18H36N2/c1-5-11-19-17(18(2,3)4)10-12-20(13-15-6-7-15)14-16-8-9-16/h15-17,19H,5-14H2,1-4H3. The first kappa shape index (κ1) is 16.3. The number of nitrogens with zero attached hydrogens (tertiary/aromatic N) is 1. The highest BCUT2D eigenvalue weighted by molar-refractivity contribution is 4.85. The lowest BCUT2D eigenvalue weighted by molar-refractivity contribution is 0.195. The Kier molecular flexibility index (Phi) is 5.92. The molecule has 1 atom stereocenters. The normalized spacial score (nSPS) is 21.4. The van der Waals surface area contributed by atoms with Crippen molar-refractivity contribution in [2.45, 2.75) is 72.3 Å². The Balaban J connectivity index is 1.77. The van der Waals surface area contributed by atoms with Gasteiger partial charge >= 0.3 is 0 Å². The maximum atomic E-state index is 3.78. The lowest BCUT2D eigenvalue weighted by Crippen LogP contribution is -2.43. The molecular formula is C18H36N2. The van der Waals surface area contributed by atoms with Gasteiger partial charge in [-0.05, 0) is 68.9 Å². The smallest absolute Gasteiger partial charge is 0.0128 e. The van der Waals surface area contributed by atoms with Crippen molar-refractivity contribution in [3.05, 3.63) is 0 Å². The van der Waals surface area contributed by atoms with Crippen molar-refractivity contribution in [3.63, 3.8) is 0 Å². The molecule has 0 heterocycles. The molecular weight excluding hydrogens is 244 g/mol. The third-order valence-electron chi connectivity index (χ3n) is 4.85. The van der Waals surface area contributed by atoms with Crippen LogP contribution in [0.2, 0.25) is 0 Å². The lowest BCUT2D eigenvalue weighted by Gasteiger charge is -2.34. The van der Waals surface area contributed by atoms with E-state index in [0.29, 0.717) is 11.5 Å². The van der Waals surface area contributed by atoms with E-state index in [0.717, 1.165) is 18.4 Å². The lowest BCUT2D eigenvalue weighted by atomic mass is 9.84. The molecule has 2 rings (SSSR count). The number of rotatable bonds is 10. The molecule has 2 aliphatic rings. The van der Waals surface area contributed by atoms with Gasteiger partial charge in [-0.1, -0.05) is 27.7 Å². The molecule has 1 unspecified atom stereocenters. The molecule has 0 aromatic heterocycles. The summed E-state index contributed by atoms with van der Waals surface area (Å²) in [6.07, 6.45) is 8.48. The minimum Gasteiger partial charge on any atom is -0.313 e. The SMILES string of the molecule is CCCNC(CCN(CC1CC1)CC1CC1)C(C)(C)C. The molecule has 0 aliphatic heterocycles. The molecule has 2 saturated carbocycles. The van der Waals surface area contributed by atoms with Crippen molar-refractivity contribution in [2.24, 2.45) is 17.3 Å². The van der Waals surface area contributed by atoms with E-state index in [2.05, 4.69) is 37.9 Å². The van der Waals surface area contributed by atoms with Crippen LogP contribution < -0.4 is 5.32 Å². The monoisotopic (exact) mass is 280 g/mol. The van der Waals surface area contributed by atoms with Gasteiger partial charge in [0.1, 0.15) is 0 Å². The highest BCUT2D eigenvalue weighted by Gasteiger charge is 2.30. The molecule has 0 amide bonds. The van der Waals surface area contributed by atoms with Crippen LogP contribution in [-0.4, -0.2) is 37.1 Å². The Morgan fingerprint density at radius 1 is 1.05 bits per heavy atom. The molecule has 0 saturated heterocycles. The molecule has 2 heteroatoms. The summed E-state index contributed by atoms with van der Waals surface area (Å²) in [6, 6.07) is 0.656. The minimum atomic E-state index is 0.375. The van der Waals surface area contributed by atoms with Gasteiger partial charge in [-0.25, -0.2) is 0 Å². The van der Waals surface area contributed by atoms with Crippen molar-refractivity contribution in [1.29, 1.82) is 0 Å². The van der Waals surface area contributed by atoms with Gasteiger partial charge in [0.25, 0.3) is 0 Å². The van der Waals surface area contributed by atoms with Crippen LogP contribution in [0.25, 0.3) is 0 Å². The molecule has 0 aromatic carbocycles. The van der Waals surface area contributed by atoms with E-state index >= 15 is 0 Å². The van der Waals surface area contributed by atoms with Crippen molar-refractivity contribution in [2.75, 3.05) is 26.2 Å². The fraction of sp³-hybridized carbons (Fsp3) is 1.00. The molecule has 118 valence electrons. The molecule has 20 heavy (non-hydrogen) atoms. The van der Waals surface area contributed by atoms with Crippen molar-refractivity contribution < 1.29 is 0 Å². The molecule has 0 radical (unpaired) electrons. The quantitative estimate of drug-likeness (QED) is 0.652. The molecule has 0 bridgehead atoms. The first-order valence-electron chi connectivity index (χ1n) is 8.94. The number of hydrogen-bond acceptors (Lipinski definition) is 2. The summed E-state index contributed by atoms with van der Waals surface area (Å²) in [5.41, 5.74) is 0.375. The average molecular weight is 280 g/mol. The maximum Gasteiger partial charge on any atom is 0.0128 e. The van der Waals surface area contributed by atoms with E-state index in [1.54, 1.807) is 0 Å². The highest BCUT2D eigenvalue weighted by Crippen LogP contribution is 2.34. The van der Waals surface area contributed by atoms with Gasteiger partial charge in [0.15, 0.2) is 0 Å². The molecule has 1 N–H and O–H groups in total. The van der Waals surface area contributed by atoms with Crippen molar-refractivity contribution in [1.82, 2.24) is 10.2 Å². The van der Waals surface area contributed by atoms with Crippen LogP contribution in [0.4, 0.5) is 0 Å². The summed E-state index contributed by atoms with van der Waals surface area (Å²) in [5, 5.41) is 3.78. The van der Waals surface area contributed by atoms with Gasteiger partial charge in [-0.15, -0.1) is 0 Å². The fourth-order valence-electron chi connectivity index (χ4n) is 3.06. The Morgan fingerprint density at radius 2 is 1.60 bits per heavy atom. The summed E-state index contributed by atoms with van der Waals surface area (Å²) in [5.74, 6) is 2.07. The van der Waals surface area contributed by atoms with Crippen LogP contribution in [0.3, 0.4) is 0 Å². The van der Waals surface area contributed by atoms with Crippen LogP contribution in [0, 0.1) is 17.3 Å². The Hall–Kier alpha value is -0.0800. The predicted octanol–water partition coefficient (Wildman–Crippen LogP) is 3.91. The predicted molar refractivity (Wildman–Crippen MR) is 88.0 cm³/mol. The second-order valence-corrected chi connectivity index (χ2v) is 8.31. The van der Waals surface area contributed by atoms with Crippen LogP contribution in [0.15, 0.2) is 0 Å². The van der Waals surface area contributed by atoms with Gasteiger partial charge < -0.3 is 10.2 Å². The Bertz CT molecular complexity index is 260. The average Bonchev–Trinajstić information content (AvgIpc) is 3.22. The zero-order valence-corrected chi connectivity index (χ0v) is 14.3. The van der Waals surface area contributed by atoms with Crippen LogP contribution in [-0.2, 0) is 0 Å². The first-order chi connectivity index (χ1) is 9.49. The van der Waals surface area contributed by atoms with E-state index in [4.69, 9.17) is 0 Å². The maximum absolute atomic E-state index is 3.78. The summed E-state index contributed by atoms with van der Waals surface area (Å²) < 4.78 is 0. The summed E-state index contributed by atoms with van der Waals surface area (Å²) in [7, 11) is 0. The van der Waals surface area contributed by atoms with Crippen molar-refractivity contribution >= 4 is 0 Å². The van der Waals surface area contributed by atoms with Crippen LogP contribution in [0.5, 0.6) is 0 Å². The first-order valence-corrected chi connectivity index (χ1v) is 8.94. The van der Waals surface area contributed by atoms with Crippen molar-refractivity contribution in [3.8, 4) is 0 Å². The number of nitrogens with one attached hydrogen (secondary N) is 1. The van der Waals surface area contributed by atoms with Gasteiger partial charge in [-0.2, -0.15) is 0 Å². The van der Waals surface area contributed by atoms with Crippen LogP contribution >= 0.6 is 0 Å². The van der Waals surface area contributed by atoms with E-state index in [1.165, 1.54) is 58.2 Å². The third-order valence-corrected chi connectivity index (χ3v) is 4.85. The van der Waals surface area contributed by atoms with Crippen LogP contribution in [0.1, 0.15) is 66.2 Å². The molecule has 2 aliphatic carbocycles. The zero-order valence-electron chi connectivity index (χ0n) is 14.3. The molecule has 2 fully saturated rings. The fourth-order valence-corrected chi connectivity index (χ4v) is 3.06. The van der Waals surface area contributed by atoms with E-state index < -0.39 is 0 Å². The Labute approximate surface area is 126 Å². The molecule has 0 spiro atoms. The summed E-state index contributed by atoms with van der Waals surface area (Å²) >= 11 is 0. The number of hydrogen-bond donors (Lipinski definition) is 1. The molecule has 2 nitrogen and oxygen atoms in total. The second kappa shape index (κ2) is 7.26. The van der Waals surface area contributed by atoms with Gasteiger partial charge in [0.2, 0.25) is 0 Å². The van der Waals surface area contributed by atoms with Gasteiger partial charge in [0.05, 0.1) is 0 Å². The van der Waals surface area contributed by atoms with Gasteiger partial charge in [-0.3, -0.25) is 0 Å². The van der Waals surface area contributed by atoms with E-state index in [9.17, 15) is 0 Å². The largest absolute Gasteiger partial charge is 0.313 e.